The molecule has 0 spiro atoms. The van der Waals surface area contributed by atoms with Gasteiger partial charge in [0.25, 0.3) is 11.5 Å². The number of ether oxygens (including phenoxy) is 1. The topological polar surface area (TPSA) is 127 Å². The second-order valence-corrected chi connectivity index (χ2v) is 14.2. The predicted molar refractivity (Wildman–Crippen MR) is 214 cm³/mol. The summed E-state index contributed by atoms with van der Waals surface area (Å²) in [5.41, 5.74) is 7.77. The van der Waals surface area contributed by atoms with E-state index in [2.05, 4.69) is 66.8 Å². The Morgan fingerprint density at radius 1 is 0.946 bits per heavy atom. The number of amides is 1. The molecule has 7 aromatic rings. The number of nitrogens with one attached hydrogen (secondary N) is 2. The molecule has 2 N–H and O–H groups in total. The van der Waals surface area contributed by atoms with E-state index in [4.69, 9.17) is 9.72 Å². The fourth-order valence-corrected chi connectivity index (χ4v) is 8.06. The highest BCUT2D eigenvalue weighted by Crippen LogP contribution is 2.37. The molecule has 2 aliphatic heterocycles. The highest BCUT2D eigenvalue weighted by Gasteiger charge is 2.26. The number of aromatic nitrogens is 6. The van der Waals surface area contributed by atoms with Crippen molar-refractivity contribution >= 4 is 45.2 Å². The molecule has 0 bridgehead atoms. The molecule has 3 aromatic carbocycles. The van der Waals surface area contributed by atoms with Gasteiger partial charge in [0.2, 0.25) is 5.95 Å². The Morgan fingerprint density at radius 3 is 2.50 bits per heavy atom. The minimum atomic E-state index is -0.408. The van der Waals surface area contributed by atoms with Crippen molar-refractivity contribution in [3.05, 3.63) is 124 Å². The van der Waals surface area contributed by atoms with Crippen LogP contribution in [0.4, 0.5) is 21.7 Å². The first-order valence-electron chi connectivity index (χ1n) is 18.8. The molecule has 0 radical (unpaired) electrons. The highest BCUT2D eigenvalue weighted by molar-refractivity contribution is 6.10. The van der Waals surface area contributed by atoms with Crippen LogP contribution in [0.25, 0.3) is 39.0 Å². The summed E-state index contributed by atoms with van der Waals surface area (Å²) >= 11 is 0. The molecule has 1 fully saturated rings. The fourth-order valence-electron chi connectivity index (χ4n) is 8.06. The lowest BCUT2D eigenvalue weighted by atomic mass is 9.99. The number of piperazine rings is 1. The van der Waals surface area contributed by atoms with Gasteiger partial charge in [0.15, 0.2) is 11.5 Å². The molecular formula is C42H41FN10O3. The molecule has 1 amide bonds. The largest absolute Gasteiger partial charge is 0.383 e. The van der Waals surface area contributed by atoms with E-state index >= 15 is 0 Å². The van der Waals surface area contributed by atoms with Gasteiger partial charge in [0.1, 0.15) is 11.2 Å². The third-order valence-electron chi connectivity index (χ3n) is 10.8. The van der Waals surface area contributed by atoms with Crippen molar-refractivity contribution in [2.75, 3.05) is 56.7 Å². The van der Waals surface area contributed by atoms with Crippen molar-refractivity contribution < 1.29 is 13.9 Å². The molecule has 2 aliphatic rings. The maximum atomic E-state index is 14.5. The number of aryl methyl sites for hydroxylation is 1. The van der Waals surface area contributed by atoms with E-state index in [1.165, 1.54) is 17.7 Å². The van der Waals surface area contributed by atoms with E-state index in [1.54, 1.807) is 28.9 Å². The van der Waals surface area contributed by atoms with Crippen molar-refractivity contribution in [1.29, 1.82) is 0 Å². The molecule has 9 rings (SSSR count). The second-order valence-electron chi connectivity index (χ2n) is 14.2. The third kappa shape index (κ3) is 6.46. The molecule has 1 saturated heterocycles. The second kappa shape index (κ2) is 14.7. The van der Waals surface area contributed by atoms with E-state index in [9.17, 15) is 14.0 Å². The summed E-state index contributed by atoms with van der Waals surface area (Å²) < 4.78 is 25.1. The number of halogens is 1. The lowest BCUT2D eigenvalue weighted by molar-refractivity contribution is 0.0956. The van der Waals surface area contributed by atoms with Crippen LogP contribution < -0.4 is 21.1 Å². The first-order valence-corrected chi connectivity index (χ1v) is 18.8. The summed E-state index contributed by atoms with van der Waals surface area (Å²) in [4.78, 5) is 44.5. The number of rotatable bonds is 10. The van der Waals surface area contributed by atoms with Crippen LogP contribution in [-0.4, -0.2) is 86.1 Å². The number of hydrogen-bond donors (Lipinski definition) is 2. The van der Waals surface area contributed by atoms with Crippen molar-refractivity contribution in [2.45, 2.75) is 19.5 Å². The third-order valence-corrected chi connectivity index (χ3v) is 10.8. The molecule has 0 unspecified atom stereocenters. The van der Waals surface area contributed by atoms with Gasteiger partial charge in [0, 0.05) is 82.6 Å². The summed E-state index contributed by atoms with van der Waals surface area (Å²) in [6.07, 6.45) is 3.93. The first-order chi connectivity index (χ1) is 27.4. The van der Waals surface area contributed by atoms with Crippen LogP contribution in [-0.2, 0) is 31.3 Å². The number of methoxy groups -OCH3 is 1. The van der Waals surface area contributed by atoms with Gasteiger partial charge < -0.3 is 24.8 Å². The van der Waals surface area contributed by atoms with E-state index in [0.717, 1.165) is 71.8 Å². The highest BCUT2D eigenvalue weighted by atomic mass is 19.1. The molecule has 6 heterocycles. The number of benzene rings is 3. The lowest BCUT2D eigenvalue weighted by Gasteiger charge is -2.36. The van der Waals surface area contributed by atoms with Gasteiger partial charge >= 0.3 is 0 Å². The summed E-state index contributed by atoms with van der Waals surface area (Å²) in [7, 11) is 3.55. The molecule has 56 heavy (non-hydrogen) atoms. The molecular weight excluding hydrogens is 712 g/mol. The molecule has 0 saturated carbocycles. The van der Waals surface area contributed by atoms with Crippen LogP contribution in [0.1, 0.15) is 21.5 Å². The normalized spacial score (nSPS) is 14.7. The van der Waals surface area contributed by atoms with Gasteiger partial charge in [-0.15, -0.1) is 0 Å². The quantitative estimate of drug-likeness (QED) is 0.192. The number of pyridine rings is 1. The number of fused-ring (bicyclic) bond motifs is 1. The Hall–Kier alpha value is -6.38. The minimum absolute atomic E-state index is 0.204. The molecule has 0 atom stereocenters. The molecule has 13 nitrogen and oxygen atoms in total. The molecule has 4 aromatic heterocycles. The zero-order chi connectivity index (χ0) is 38.3. The smallest absolute Gasteiger partial charge is 0.278 e. The van der Waals surface area contributed by atoms with Crippen molar-refractivity contribution in [1.82, 2.24) is 39.1 Å². The summed E-state index contributed by atoms with van der Waals surface area (Å²) in [5.74, 6) is 0.322. The number of nitrogens with zero attached hydrogens (tertiary/aromatic N) is 8. The van der Waals surface area contributed by atoms with Gasteiger partial charge in [-0.25, -0.2) is 23.7 Å². The van der Waals surface area contributed by atoms with Crippen LogP contribution in [0.5, 0.6) is 0 Å². The number of anilines is 3. The van der Waals surface area contributed by atoms with E-state index in [0.29, 0.717) is 54.5 Å². The number of carbonyl (C=O) groups excluding carboxylic acids is 1. The van der Waals surface area contributed by atoms with E-state index in [-0.39, 0.29) is 11.5 Å². The van der Waals surface area contributed by atoms with Gasteiger partial charge in [-0.05, 0) is 71.6 Å². The van der Waals surface area contributed by atoms with Gasteiger partial charge in [-0.2, -0.15) is 4.98 Å². The Balaban J connectivity index is 0.849. The minimum Gasteiger partial charge on any atom is -0.383 e. The fraction of sp³-hybridized carbons (Fsp3) is 0.262. The number of carbonyl (C=O) groups is 1. The van der Waals surface area contributed by atoms with Gasteiger partial charge in [-0.3, -0.25) is 14.5 Å². The summed E-state index contributed by atoms with van der Waals surface area (Å²) in [6.45, 7) is 5.74. The number of hydrogen-bond acceptors (Lipinski definition) is 9. The lowest BCUT2D eigenvalue weighted by Crippen LogP contribution is -2.45. The molecule has 284 valence electrons. The van der Waals surface area contributed by atoms with Crippen LogP contribution in [0.15, 0.2) is 96.1 Å². The van der Waals surface area contributed by atoms with Crippen LogP contribution in [0, 0.1) is 5.82 Å². The Morgan fingerprint density at radius 2 is 1.75 bits per heavy atom. The Kier molecular flexibility index (Phi) is 9.27. The van der Waals surface area contributed by atoms with Crippen LogP contribution in [0.2, 0.25) is 0 Å². The zero-order valence-electron chi connectivity index (χ0n) is 31.2. The predicted octanol–water partition coefficient (Wildman–Crippen LogP) is 5.27. The summed E-state index contributed by atoms with van der Waals surface area (Å²) in [5, 5.41) is 7.46. The van der Waals surface area contributed by atoms with Crippen molar-refractivity contribution in [3.63, 3.8) is 0 Å². The summed E-state index contributed by atoms with van der Waals surface area (Å²) in [6, 6.07) is 25.3. The Labute approximate surface area is 322 Å². The van der Waals surface area contributed by atoms with Gasteiger partial charge in [-0.1, -0.05) is 30.3 Å². The van der Waals surface area contributed by atoms with Crippen molar-refractivity contribution in [2.24, 2.45) is 7.05 Å². The molecule has 0 aliphatic carbocycles. The van der Waals surface area contributed by atoms with E-state index in [1.807, 2.05) is 41.9 Å². The van der Waals surface area contributed by atoms with E-state index < -0.39 is 5.82 Å². The van der Waals surface area contributed by atoms with Gasteiger partial charge in [0.05, 0.1) is 29.9 Å². The van der Waals surface area contributed by atoms with Crippen molar-refractivity contribution in [3.8, 4) is 17.1 Å². The Bertz CT molecular complexity index is 2630. The van der Waals surface area contributed by atoms with Crippen LogP contribution in [0.3, 0.4) is 0 Å². The average molecular weight is 753 g/mol. The first kappa shape index (κ1) is 35.3. The maximum absolute atomic E-state index is 14.5. The SMILES string of the molecule is COCCn1c(=O)c2cnc(Nc3ccc(N4CCN(Cc5ccc(-c6c7c8c(cc(F)cc8n6C)C(=O)NCC7)cc5)CC4)cc3)nc2n1-c1ccccn1. The maximum Gasteiger partial charge on any atom is 0.278 e. The zero-order valence-corrected chi connectivity index (χ0v) is 31.2. The average Bonchev–Trinajstić information content (AvgIpc) is 3.59. The van der Waals surface area contributed by atoms with Crippen LogP contribution >= 0.6 is 0 Å². The molecule has 14 heteroatoms. The standard InChI is InChI=1S/C42H41FN10O3/c1-49-35-24-29(43)23-33-37(35)32(14-16-45-40(33)54)38(49)28-8-6-27(7-9-28)26-50-17-19-51(20-18-50)31-12-10-30(11-13-31)47-42-46-25-34-39(48-42)53(36-5-3-4-15-44-36)52(41(34)55)21-22-56-2/h3-13,15,23-25H,14,16-22,26H2,1-2H3,(H,45,54)(H,46,47,48). The monoisotopic (exact) mass is 752 g/mol.